The summed E-state index contributed by atoms with van der Waals surface area (Å²) in [4.78, 5) is 6.17. The summed E-state index contributed by atoms with van der Waals surface area (Å²) >= 11 is 0. The van der Waals surface area contributed by atoms with Crippen molar-refractivity contribution >= 4 is 5.82 Å². The maximum Gasteiger partial charge on any atom is 0.141 e. The van der Waals surface area contributed by atoms with Crippen LogP contribution in [0.5, 0.6) is 0 Å². The Labute approximate surface area is 118 Å². The summed E-state index contributed by atoms with van der Waals surface area (Å²) in [7, 11) is 1.92. The number of nitrogens with one attached hydrogen (secondary N) is 1. The van der Waals surface area contributed by atoms with Crippen LogP contribution in [0.3, 0.4) is 0 Å². The van der Waals surface area contributed by atoms with E-state index in [2.05, 4.69) is 10.3 Å². The van der Waals surface area contributed by atoms with Crippen molar-refractivity contribution in [3.8, 4) is 0 Å². The van der Waals surface area contributed by atoms with Gasteiger partial charge in [-0.1, -0.05) is 6.92 Å². The van der Waals surface area contributed by atoms with Gasteiger partial charge in [0, 0.05) is 19.2 Å². The lowest BCUT2D eigenvalue weighted by Gasteiger charge is -2.20. The highest BCUT2D eigenvalue weighted by molar-refractivity contribution is 5.46. The zero-order chi connectivity index (χ0) is 14.5. The Morgan fingerprint density at radius 2 is 2.20 bits per heavy atom. The van der Waals surface area contributed by atoms with Crippen molar-refractivity contribution in [1.29, 1.82) is 0 Å². The lowest BCUT2D eigenvalue weighted by Crippen LogP contribution is -2.22. The van der Waals surface area contributed by atoms with Crippen molar-refractivity contribution in [2.24, 2.45) is 0 Å². The number of aromatic nitrogens is 1. The van der Waals surface area contributed by atoms with E-state index in [-0.39, 0.29) is 5.82 Å². The highest BCUT2D eigenvalue weighted by atomic mass is 19.1. The predicted molar refractivity (Wildman–Crippen MR) is 77.1 cm³/mol. The molecule has 2 aromatic heterocycles. The van der Waals surface area contributed by atoms with Crippen LogP contribution >= 0.6 is 0 Å². The molecule has 0 fully saturated rings. The maximum absolute atomic E-state index is 13.3. The first-order valence-corrected chi connectivity index (χ1v) is 6.71. The molecule has 0 aliphatic rings. The molecule has 0 amide bonds. The van der Waals surface area contributed by atoms with Gasteiger partial charge in [0.1, 0.15) is 23.2 Å². The first kappa shape index (κ1) is 14.5. The maximum atomic E-state index is 13.3. The second-order valence-electron chi connectivity index (χ2n) is 4.79. The molecule has 5 heteroatoms. The summed E-state index contributed by atoms with van der Waals surface area (Å²) in [6.45, 7) is 5.96. The van der Waals surface area contributed by atoms with Gasteiger partial charge in [-0.25, -0.2) is 9.37 Å². The summed E-state index contributed by atoms with van der Waals surface area (Å²) in [5.74, 6) is 2.20. The van der Waals surface area contributed by atoms with Crippen LogP contribution in [0, 0.1) is 12.7 Å². The van der Waals surface area contributed by atoms with Crippen molar-refractivity contribution in [1.82, 2.24) is 10.3 Å². The minimum Gasteiger partial charge on any atom is -0.464 e. The number of hydrogen-bond donors (Lipinski definition) is 1. The number of furan rings is 1. The molecule has 0 atom stereocenters. The Morgan fingerprint density at radius 3 is 2.85 bits per heavy atom. The molecule has 0 aromatic carbocycles. The van der Waals surface area contributed by atoms with Gasteiger partial charge in [-0.15, -0.1) is 0 Å². The highest BCUT2D eigenvalue weighted by Crippen LogP contribution is 2.20. The van der Waals surface area contributed by atoms with Crippen LogP contribution in [0.25, 0.3) is 0 Å². The van der Waals surface area contributed by atoms with Gasteiger partial charge in [-0.2, -0.15) is 0 Å². The predicted octanol–water partition coefficient (Wildman–Crippen LogP) is 2.87. The number of nitrogens with zero attached hydrogens (tertiary/aromatic N) is 2. The van der Waals surface area contributed by atoms with E-state index in [4.69, 9.17) is 4.42 Å². The molecular formula is C15H20FN3O. The Balaban J connectivity index is 2.17. The van der Waals surface area contributed by atoms with Crippen molar-refractivity contribution in [2.45, 2.75) is 26.9 Å². The molecule has 0 aliphatic carbocycles. The van der Waals surface area contributed by atoms with Crippen LogP contribution in [0.15, 0.2) is 28.8 Å². The molecule has 2 aromatic rings. The number of pyridine rings is 1. The number of hydrogen-bond acceptors (Lipinski definition) is 4. The summed E-state index contributed by atoms with van der Waals surface area (Å²) in [5, 5.41) is 3.20. The third-order valence-corrected chi connectivity index (χ3v) is 3.03. The van der Waals surface area contributed by atoms with E-state index in [1.165, 1.54) is 12.3 Å². The van der Waals surface area contributed by atoms with E-state index in [1.807, 2.05) is 37.9 Å². The van der Waals surface area contributed by atoms with Gasteiger partial charge in [-0.05, 0) is 31.7 Å². The summed E-state index contributed by atoms with van der Waals surface area (Å²) in [5.41, 5.74) is 0.845. The molecule has 0 unspecified atom stereocenters. The summed E-state index contributed by atoms with van der Waals surface area (Å²) in [6.07, 6.45) is 1.24. The second kappa shape index (κ2) is 6.52. The number of aryl methyl sites for hydroxylation is 1. The Bertz CT molecular complexity index is 568. The van der Waals surface area contributed by atoms with Crippen LogP contribution in [0.4, 0.5) is 10.2 Å². The minimum absolute atomic E-state index is 0.316. The normalized spacial score (nSPS) is 10.8. The van der Waals surface area contributed by atoms with Gasteiger partial charge in [0.25, 0.3) is 0 Å². The Kier molecular flexibility index (Phi) is 4.74. The van der Waals surface area contributed by atoms with Crippen LogP contribution in [0.1, 0.15) is 24.0 Å². The third-order valence-electron chi connectivity index (χ3n) is 3.03. The van der Waals surface area contributed by atoms with Crippen LogP contribution in [-0.4, -0.2) is 18.6 Å². The lowest BCUT2D eigenvalue weighted by molar-refractivity contribution is 0.481. The molecule has 2 rings (SSSR count). The standard InChI is InChI=1S/C15H20FN3O/c1-4-17-8-12-7-13(16)9-18-15(12)19(3)10-14-6-5-11(2)20-14/h5-7,9,17H,4,8,10H2,1-3H3. The van der Waals surface area contributed by atoms with Gasteiger partial charge in [0.15, 0.2) is 0 Å². The molecule has 0 spiro atoms. The fourth-order valence-electron chi connectivity index (χ4n) is 2.09. The monoisotopic (exact) mass is 277 g/mol. The van der Waals surface area contributed by atoms with Gasteiger partial charge in [0.05, 0.1) is 12.7 Å². The summed E-state index contributed by atoms with van der Waals surface area (Å²) < 4.78 is 18.9. The largest absolute Gasteiger partial charge is 0.464 e. The van der Waals surface area contributed by atoms with Crippen molar-refractivity contribution in [2.75, 3.05) is 18.5 Å². The molecule has 20 heavy (non-hydrogen) atoms. The first-order chi connectivity index (χ1) is 9.60. The molecule has 0 saturated carbocycles. The quantitative estimate of drug-likeness (QED) is 0.881. The molecule has 0 bridgehead atoms. The first-order valence-electron chi connectivity index (χ1n) is 6.71. The molecule has 0 saturated heterocycles. The lowest BCUT2D eigenvalue weighted by atomic mass is 10.2. The average Bonchev–Trinajstić information content (AvgIpc) is 2.81. The number of halogens is 1. The van der Waals surface area contributed by atoms with E-state index in [1.54, 1.807) is 0 Å². The van der Waals surface area contributed by atoms with Crippen molar-refractivity contribution < 1.29 is 8.81 Å². The fraction of sp³-hybridized carbons (Fsp3) is 0.400. The highest BCUT2D eigenvalue weighted by Gasteiger charge is 2.12. The van der Waals surface area contributed by atoms with Gasteiger partial charge >= 0.3 is 0 Å². The zero-order valence-electron chi connectivity index (χ0n) is 12.1. The molecule has 0 aliphatic heterocycles. The van der Waals surface area contributed by atoms with E-state index >= 15 is 0 Å². The summed E-state index contributed by atoms with van der Waals surface area (Å²) in [6, 6.07) is 5.40. The van der Waals surface area contributed by atoms with E-state index < -0.39 is 0 Å². The average molecular weight is 277 g/mol. The van der Waals surface area contributed by atoms with Crippen molar-refractivity contribution in [3.05, 3.63) is 47.3 Å². The van der Waals surface area contributed by atoms with Crippen LogP contribution in [0.2, 0.25) is 0 Å². The topological polar surface area (TPSA) is 41.3 Å². The third kappa shape index (κ3) is 3.57. The second-order valence-corrected chi connectivity index (χ2v) is 4.79. The molecule has 108 valence electrons. The Morgan fingerprint density at radius 1 is 1.40 bits per heavy atom. The molecule has 2 heterocycles. The minimum atomic E-state index is -0.316. The smallest absolute Gasteiger partial charge is 0.141 e. The van der Waals surface area contributed by atoms with E-state index in [0.29, 0.717) is 13.1 Å². The van der Waals surface area contributed by atoms with Gasteiger partial charge in [0.2, 0.25) is 0 Å². The van der Waals surface area contributed by atoms with Gasteiger partial charge < -0.3 is 14.6 Å². The van der Waals surface area contributed by atoms with Gasteiger partial charge in [-0.3, -0.25) is 0 Å². The zero-order valence-corrected chi connectivity index (χ0v) is 12.1. The number of anilines is 1. The molecule has 1 N–H and O–H groups in total. The van der Waals surface area contributed by atoms with Crippen LogP contribution in [-0.2, 0) is 13.1 Å². The van der Waals surface area contributed by atoms with Crippen molar-refractivity contribution in [3.63, 3.8) is 0 Å². The van der Waals surface area contributed by atoms with E-state index in [9.17, 15) is 4.39 Å². The van der Waals surface area contributed by atoms with E-state index in [0.717, 1.165) is 29.4 Å². The fourth-order valence-corrected chi connectivity index (χ4v) is 2.09. The molecule has 4 nitrogen and oxygen atoms in total. The SMILES string of the molecule is CCNCc1cc(F)cnc1N(C)Cc1ccc(C)o1. The Hall–Kier alpha value is -1.88. The number of rotatable bonds is 6. The van der Waals surface area contributed by atoms with Crippen LogP contribution < -0.4 is 10.2 Å². The molecule has 0 radical (unpaired) electrons. The molecular weight excluding hydrogens is 257 g/mol.